The molecule has 2 rings (SSSR count). The van der Waals surface area contributed by atoms with Gasteiger partial charge in [-0.2, -0.15) is 0 Å². The van der Waals surface area contributed by atoms with Crippen molar-refractivity contribution in [3.05, 3.63) is 24.0 Å². The highest BCUT2D eigenvalue weighted by molar-refractivity contribution is 7.99. The van der Waals surface area contributed by atoms with Gasteiger partial charge in [-0.3, -0.25) is 0 Å². The number of aromatic nitrogens is 4. The molecular weight excluding hydrogens is 300 g/mol. The van der Waals surface area contributed by atoms with Crippen molar-refractivity contribution in [1.29, 1.82) is 0 Å². The number of methoxy groups -OCH3 is 1. The molecule has 2 heterocycles. The van der Waals surface area contributed by atoms with Crippen LogP contribution in [0, 0.1) is 0 Å². The number of nitrogens with zero attached hydrogens (tertiary/aromatic N) is 4. The number of ether oxygens (including phenoxy) is 2. The molecule has 2 aromatic heterocycles. The first-order chi connectivity index (χ1) is 10.1. The highest BCUT2D eigenvalue weighted by Crippen LogP contribution is 2.24. The van der Waals surface area contributed by atoms with Gasteiger partial charge in [-0.15, -0.1) is 5.10 Å². The molecule has 0 atom stereocenters. The molecule has 0 aliphatic carbocycles. The second-order valence-electron chi connectivity index (χ2n) is 3.41. The van der Waals surface area contributed by atoms with E-state index in [1.165, 1.54) is 13.3 Å². The molecule has 0 fully saturated rings. The molecule has 21 heavy (non-hydrogen) atoms. The van der Waals surface area contributed by atoms with E-state index >= 15 is 0 Å². The van der Waals surface area contributed by atoms with Crippen molar-refractivity contribution in [2.24, 2.45) is 0 Å². The fraction of sp³-hybridized carbons (Fsp3) is 0.273. The van der Waals surface area contributed by atoms with Gasteiger partial charge in [0.05, 0.1) is 13.7 Å². The van der Waals surface area contributed by atoms with Crippen LogP contribution >= 0.6 is 11.8 Å². The van der Waals surface area contributed by atoms with Crippen LogP contribution in [0.1, 0.15) is 28.2 Å². The summed E-state index contributed by atoms with van der Waals surface area (Å²) >= 11 is 0.979. The molecule has 0 radical (unpaired) electrons. The first-order valence-electron chi connectivity index (χ1n) is 5.74. The Kier molecular flexibility index (Phi) is 4.82. The van der Waals surface area contributed by atoms with Crippen LogP contribution in [0.2, 0.25) is 0 Å². The van der Waals surface area contributed by atoms with Crippen molar-refractivity contribution in [1.82, 2.24) is 20.2 Å². The first kappa shape index (κ1) is 14.9. The molecule has 2 aromatic rings. The summed E-state index contributed by atoms with van der Waals surface area (Å²) in [5.74, 6) is -1.70. The van der Waals surface area contributed by atoms with E-state index in [-0.39, 0.29) is 23.5 Å². The molecule has 0 unspecified atom stereocenters. The van der Waals surface area contributed by atoms with E-state index in [2.05, 4.69) is 24.9 Å². The summed E-state index contributed by atoms with van der Waals surface area (Å²) in [7, 11) is 1.23. The molecule has 0 saturated heterocycles. The Morgan fingerprint density at radius 3 is 2.86 bits per heavy atom. The zero-order chi connectivity index (χ0) is 15.2. The quantitative estimate of drug-likeness (QED) is 0.584. The Hall–Kier alpha value is -2.49. The third-order valence-electron chi connectivity index (χ3n) is 2.05. The van der Waals surface area contributed by atoms with E-state index in [0.717, 1.165) is 11.8 Å². The van der Waals surface area contributed by atoms with Gasteiger partial charge in [-0.25, -0.2) is 19.6 Å². The molecule has 0 N–H and O–H groups in total. The van der Waals surface area contributed by atoms with Crippen molar-refractivity contribution >= 4 is 23.7 Å². The topological polar surface area (TPSA) is 117 Å². The predicted octanol–water partition coefficient (Wildman–Crippen LogP) is 0.974. The van der Waals surface area contributed by atoms with Crippen LogP contribution in [-0.4, -0.2) is 45.8 Å². The molecule has 0 aromatic carbocycles. The van der Waals surface area contributed by atoms with Crippen LogP contribution in [0.5, 0.6) is 0 Å². The molecule has 110 valence electrons. The van der Waals surface area contributed by atoms with Crippen molar-refractivity contribution in [3.63, 3.8) is 0 Å². The van der Waals surface area contributed by atoms with Crippen molar-refractivity contribution in [3.8, 4) is 0 Å². The summed E-state index contributed by atoms with van der Waals surface area (Å²) < 4.78 is 14.4. The van der Waals surface area contributed by atoms with Gasteiger partial charge >= 0.3 is 17.8 Å². The number of hydrogen-bond donors (Lipinski definition) is 0. The number of carbonyl (C=O) groups is 2. The summed E-state index contributed by atoms with van der Waals surface area (Å²) in [5.41, 5.74) is 0. The molecule has 9 nitrogen and oxygen atoms in total. The van der Waals surface area contributed by atoms with Crippen molar-refractivity contribution in [2.75, 3.05) is 13.7 Å². The Morgan fingerprint density at radius 2 is 2.14 bits per heavy atom. The SMILES string of the molecule is CCOC(=O)c1nnc(Sc2ccnc(C(=O)OC)n2)o1. The first-order valence-corrected chi connectivity index (χ1v) is 6.55. The fourth-order valence-electron chi connectivity index (χ4n) is 1.20. The normalized spacial score (nSPS) is 10.2. The number of carbonyl (C=O) groups excluding carboxylic acids is 2. The van der Waals surface area contributed by atoms with Crippen LogP contribution in [0.25, 0.3) is 0 Å². The Labute approximate surface area is 123 Å². The van der Waals surface area contributed by atoms with E-state index in [1.807, 2.05) is 0 Å². The van der Waals surface area contributed by atoms with Gasteiger partial charge in [0.15, 0.2) is 0 Å². The van der Waals surface area contributed by atoms with Gasteiger partial charge in [0.2, 0.25) is 5.82 Å². The van der Waals surface area contributed by atoms with Gasteiger partial charge in [-0.05, 0) is 24.8 Å². The second kappa shape index (κ2) is 6.79. The lowest BCUT2D eigenvalue weighted by Crippen LogP contribution is -2.07. The van der Waals surface area contributed by atoms with Crippen LogP contribution in [-0.2, 0) is 9.47 Å². The zero-order valence-corrected chi connectivity index (χ0v) is 11.9. The van der Waals surface area contributed by atoms with Gasteiger partial charge in [-0.1, -0.05) is 5.10 Å². The minimum atomic E-state index is -0.699. The minimum absolute atomic E-state index is 0.0902. The molecule has 0 saturated carbocycles. The maximum Gasteiger partial charge on any atom is 0.396 e. The summed E-state index contributed by atoms with van der Waals surface area (Å²) in [6.45, 7) is 1.87. The van der Waals surface area contributed by atoms with Crippen LogP contribution in [0.4, 0.5) is 0 Å². The number of esters is 2. The van der Waals surface area contributed by atoms with E-state index < -0.39 is 11.9 Å². The predicted molar refractivity (Wildman–Crippen MR) is 67.7 cm³/mol. The Bertz CT molecular complexity index is 660. The van der Waals surface area contributed by atoms with E-state index in [1.54, 1.807) is 13.0 Å². The Balaban J connectivity index is 2.12. The van der Waals surface area contributed by atoms with Crippen molar-refractivity contribution in [2.45, 2.75) is 17.2 Å². The molecule has 0 aliphatic heterocycles. The number of rotatable bonds is 5. The second-order valence-corrected chi connectivity index (χ2v) is 4.38. The standard InChI is InChI=1S/C11H10N4O5S/c1-3-19-10(17)8-14-15-11(20-8)21-6-4-5-12-7(13-6)9(16)18-2/h4-5H,3H2,1-2H3. The fourth-order valence-corrected chi connectivity index (χ4v) is 1.85. The van der Waals surface area contributed by atoms with Crippen LogP contribution in [0.3, 0.4) is 0 Å². The average Bonchev–Trinajstić information content (AvgIpc) is 2.95. The maximum absolute atomic E-state index is 11.4. The maximum atomic E-state index is 11.4. The highest BCUT2D eigenvalue weighted by Gasteiger charge is 2.17. The Morgan fingerprint density at radius 1 is 1.33 bits per heavy atom. The van der Waals surface area contributed by atoms with Crippen molar-refractivity contribution < 1.29 is 23.5 Å². The lowest BCUT2D eigenvalue weighted by atomic mass is 10.5. The summed E-state index contributed by atoms with van der Waals surface area (Å²) in [6.07, 6.45) is 1.39. The molecule has 0 bridgehead atoms. The molecule has 0 amide bonds. The van der Waals surface area contributed by atoms with Gasteiger partial charge in [0.1, 0.15) is 5.03 Å². The summed E-state index contributed by atoms with van der Waals surface area (Å²) in [6, 6.07) is 1.55. The third kappa shape index (κ3) is 3.75. The smallest absolute Gasteiger partial charge is 0.396 e. The highest BCUT2D eigenvalue weighted by atomic mass is 32.2. The molecule has 0 spiro atoms. The monoisotopic (exact) mass is 310 g/mol. The minimum Gasteiger partial charge on any atom is -0.463 e. The third-order valence-corrected chi connectivity index (χ3v) is 2.82. The summed E-state index contributed by atoms with van der Waals surface area (Å²) in [5, 5.41) is 7.72. The van der Waals surface area contributed by atoms with E-state index in [9.17, 15) is 9.59 Å². The van der Waals surface area contributed by atoms with Crippen LogP contribution in [0.15, 0.2) is 26.9 Å². The van der Waals surface area contributed by atoms with Gasteiger partial charge in [0.25, 0.3) is 5.22 Å². The summed E-state index contributed by atoms with van der Waals surface area (Å²) in [4.78, 5) is 30.4. The molecule has 10 heteroatoms. The largest absolute Gasteiger partial charge is 0.463 e. The number of hydrogen-bond acceptors (Lipinski definition) is 10. The lowest BCUT2D eigenvalue weighted by Gasteiger charge is -1.99. The zero-order valence-electron chi connectivity index (χ0n) is 11.1. The molecule has 0 aliphatic rings. The molecular formula is C11H10N4O5S. The van der Waals surface area contributed by atoms with Crippen LogP contribution < -0.4 is 0 Å². The average molecular weight is 310 g/mol. The van der Waals surface area contributed by atoms with E-state index in [4.69, 9.17) is 9.15 Å². The lowest BCUT2D eigenvalue weighted by molar-refractivity contribution is 0.0474. The van der Waals surface area contributed by atoms with Gasteiger partial charge in [0, 0.05) is 6.20 Å². The van der Waals surface area contributed by atoms with Gasteiger partial charge < -0.3 is 13.9 Å². The van der Waals surface area contributed by atoms with E-state index in [0.29, 0.717) is 5.03 Å².